The van der Waals surface area contributed by atoms with Gasteiger partial charge in [-0.2, -0.15) is 0 Å². The van der Waals surface area contributed by atoms with E-state index >= 15 is 0 Å². The second kappa shape index (κ2) is 6.13. The molecule has 1 amide bonds. The van der Waals surface area contributed by atoms with E-state index in [4.69, 9.17) is 0 Å². The highest BCUT2D eigenvalue weighted by Crippen LogP contribution is 2.25. The van der Waals surface area contributed by atoms with Gasteiger partial charge in [0.15, 0.2) is 0 Å². The summed E-state index contributed by atoms with van der Waals surface area (Å²) in [5.74, 6) is -0.603. The average Bonchev–Trinajstić information content (AvgIpc) is 3.11. The molecule has 110 valence electrons. The topological polar surface area (TPSA) is 50.4 Å². The van der Waals surface area contributed by atoms with Crippen LogP contribution in [0.25, 0.3) is 0 Å². The van der Waals surface area contributed by atoms with E-state index in [0.29, 0.717) is 12.6 Å². The number of rotatable bonds is 6. The molecule has 2 N–H and O–H groups in total. The zero-order chi connectivity index (χ0) is 14.6. The van der Waals surface area contributed by atoms with Crippen molar-refractivity contribution in [3.8, 4) is 5.75 Å². The van der Waals surface area contributed by atoms with Gasteiger partial charge in [-0.3, -0.25) is 4.79 Å². The molecule has 0 saturated heterocycles. The van der Waals surface area contributed by atoms with Gasteiger partial charge in [0, 0.05) is 30.8 Å². The Balaban J connectivity index is 1.81. The molecule has 0 atom stereocenters. The Hall–Kier alpha value is -1.76. The Bertz CT molecular complexity index is 473. The van der Waals surface area contributed by atoms with Crippen LogP contribution in [0.3, 0.4) is 0 Å². The first kappa shape index (κ1) is 14.6. The minimum absolute atomic E-state index is 0.248. The van der Waals surface area contributed by atoms with Crippen molar-refractivity contribution >= 4 is 11.6 Å². The smallest absolute Gasteiger partial charge is 0.406 e. The lowest BCUT2D eigenvalue weighted by Gasteiger charge is -2.10. The number of carbonyl (C=O) groups is 1. The highest BCUT2D eigenvalue weighted by Gasteiger charge is 2.31. The summed E-state index contributed by atoms with van der Waals surface area (Å²) in [5.41, 5.74) is 0.281. The van der Waals surface area contributed by atoms with Gasteiger partial charge < -0.3 is 15.4 Å². The number of anilines is 1. The first-order chi connectivity index (χ1) is 9.42. The summed E-state index contributed by atoms with van der Waals surface area (Å²) < 4.78 is 40.0. The Labute approximate surface area is 114 Å². The number of halogens is 3. The summed E-state index contributed by atoms with van der Waals surface area (Å²) in [7, 11) is 0. The van der Waals surface area contributed by atoms with Crippen molar-refractivity contribution in [3.63, 3.8) is 0 Å². The Morgan fingerprint density at radius 2 is 2.10 bits per heavy atom. The normalized spacial score (nSPS) is 14.9. The standard InChI is InChI=1S/C13H15F3N2O2/c14-13(15,16)20-11-3-1-2-10(8-11)18-12(19)6-7-17-9-4-5-9/h1-3,8-9,17H,4-7H2,(H,18,19). The van der Waals surface area contributed by atoms with Gasteiger partial charge >= 0.3 is 6.36 Å². The van der Waals surface area contributed by atoms with Crippen molar-refractivity contribution in [2.45, 2.75) is 31.7 Å². The third-order valence-corrected chi connectivity index (χ3v) is 2.71. The van der Waals surface area contributed by atoms with E-state index in [0.717, 1.165) is 18.9 Å². The zero-order valence-corrected chi connectivity index (χ0v) is 10.7. The first-order valence-corrected chi connectivity index (χ1v) is 6.31. The summed E-state index contributed by atoms with van der Waals surface area (Å²) in [6.07, 6.45) is -2.19. The molecule has 20 heavy (non-hydrogen) atoms. The summed E-state index contributed by atoms with van der Waals surface area (Å²) >= 11 is 0. The SMILES string of the molecule is O=C(CCNC1CC1)Nc1cccc(OC(F)(F)F)c1. The van der Waals surface area contributed by atoms with Gasteiger partial charge in [0.1, 0.15) is 5.75 Å². The number of nitrogens with one attached hydrogen (secondary N) is 2. The van der Waals surface area contributed by atoms with Crippen LogP contribution in [0.5, 0.6) is 5.75 Å². The lowest BCUT2D eigenvalue weighted by atomic mass is 10.3. The van der Waals surface area contributed by atoms with Gasteiger partial charge in [0.05, 0.1) is 0 Å². The number of amides is 1. The van der Waals surface area contributed by atoms with E-state index in [9.17, 15) is 18.0 Å². The van der Waals surface area contributed by atoms with Crippen LogP contribution in [0.1, 0.15) is 19.3 Å². The quantitative estimate of drug-likeness (QED) is 0.846. The number of hydrogen-bond acceptors (Lipinski definition) is 3. The van der Waals surface area contributed by atoms with Crippen molar-refractivity contribution in [2.75, 3.05) is 11.9 Å². The minimum atomic E-state index is -4.74. The second-order valence-corrected chi connectivity index (χ2v) is 4.60. The molecule has 1 saturated carbocycles. The Kier molecular flexibility index (Phi) is 4.49. The molecule has 0 spiro atoms. The number of ether oxygens (including phenoxy) is 1. The van der Waals surface area contributed by atoms with Crippen molar-refractivity contribution in [1.82, 2.24) is 5.32 Å². The maximum atomic E-state index is 12.1. The van der Waals surface area contributed by atoms with Gasteiger partial charge in [-0.25, -0.2) is 0 Å². The van der Waals surface area contributed by atoms with Gasteiger partial charge in [-0.1, -0.05) is 6.07 Å². The molecule has 1 aromatic carbocycles. The van der Waals surface area contributed by atoms with Crippen LogP contribution in [-0.2, 0) is 4.79 Å². The fraction of sp³-hybridized carbons (Fsp3) is 0.462. The number of alkyl halides is 3. The van der Waals surface area contributed by atoms with Crippen LogP contribution in [0.2, 0.25) is 0 Å². The molecule has 1 fully saturated rings. The van der Waals surface area contributed by atoms with Crippen molar-refractivity contribution in [1.29, 1.82) is 0 Å². The van der Waals surface area contributed by atoms with Crippen LogP contribution in [0.4, 0.5) is 18.9 Å². The van der Waals surface area contributed by atoms with E-state index in [1.807, 2.05) is 0 Å². The molecule has 2 rings (SSSR count). The van der Waals surface area contributed by atoms with Gasteiger partial charge in [-0.15, -0.1) is 13.2 Å². The highest BCUT2D eigenvalue weighted by atomic mass is 19.4. The number of carbonyl (C=O) groups excluding carboxylic acids is 1. The molecule has 0 bridgehead atoms. The Morgan fingerprint density at radius 1 is 1.35 bits per heavy atom. The predicted molar refractivity (Wildman–Crippen MR) is 67.4 cm³/mol. The van der Waals surface area contributed by atoms with Gasteiger partial charge in [-0.05, 0) is 25.0 Å². The van der Waals surface area contributed by atoms with Crippen molar-refractivity contribution in [3.05, 3.63) is 24.3 Å². The zero-order valence-electron chi connectivity index (χ0n) is 10.7. The van der Waals surface area contributed by atoms with Gasteiger partial charge in [0.2, 0.25) is 5.91 Å². The van der Waals surface area contributed by atoms with Crippen LogP contribution >= 0.6 is 0 Å². The second-order valence-electron chi connectivity index (χ2n) is 4.60. The lowest BCUT2D eigenvalue weighted by molar-refractivity contribution is -0.274. The third kappa shape index (κ3) is 5.48. The Morgan fingerprint density at radius 3 is 2.75 bits per heavy atom. The monoisotopic (exact) mass is 288 g/mol. The van der Waals surface area contributed by atoms with Crippen LogP contribution in [0, 0.1) is 0 Å². The number of benzene rings is 1. The summed E-state index contributed by atoms with van der Waals surface area (Å²) in [5, 5.41) is 5.72. The highest BCUT2D eigenvalue weighted by molar-refractivity contribution is 5.91. The minimum Gasteiger partial charge on any atom is -0.406 e. The van der Waals surface area contributed by atoms with Crippen LogP contribution < -0.4 is 15.4 Å². The summed E-state index contributed by atoms with van der Waals surface area (Å²) in [6, 6.07) is 5.73. The predicted octanol–water partition coefficient (Wildman–Crippen LogP) is 2.67. The molecule has 7 heteroatoms. The van der Waals surface area contributed by atoms with Crippen LogP contribution in [0.15, 0.2) is 24.3 Å². The van der Waals surface area contributed by atoms with E-state index in [1.165, 1.54) is 18.2 Å². The lowest BCUT2D eigenvalue weighted by Crippen LogP contribution is -2.23. The van der Waals surface area contributed by atoms with Crippen molar-refractivity contribution in [2.24, 2.45) is 0 Å². The summed E-state index contributed by atoms with van der Waals surface area (Å²) in [6.45, 7) is 0.565. The fourth-order valence-corrected chi connectivity index (χ4v) is 1.67. The molecule has 4 nitrogen and oxygen atoms in total. The molecule has 0 unspecified atom stereocenters. The van der Waals surface area contributed by atoms with E-state index in [1.54, 1.807) is 0 Å². The molecule has 1 aliphatic carbocycles. The maximum Gasteiger partial charge on any atom is 0.573 e. The van der Waals surface area contributed by atoms with E-state index < -0.39 is 6.36 Å². The largest absolute Gasteiger partial charge is 0.573 e. The first-order valence-electron chi connectivity index (χ1n) is 6.31. The molecular weight excluding hydrogens is 273 g/mol. The van der Waals surface area contributed by atoms with E-state index in [2.05, 4.69) is 15.4 Å². The molecule has 0 radical (unpaired) electrons. The number of hydrogen-bond donors (Lipinski definition) is 2. The van der Waals surface area contributed by atoms with Crippen LogP contribution in [-0.4, -0.2) is 24.9 Å². The molecular formula is C13H15F3N2O2. The van der Waals surface area contributed by atoms with Crippen molar-refractivity contribution < 1.29 is 22.7 Å². The molecule has 1 aromatic rings. The molecule has 0 heterocycles. The van der Waals surface area contributed by atoms with Gasteiger partial charge in [0.25, 0.3) is 0 Å². The maximum absolute atomic E-state index is 12.1. The average molecular weight is 288 g/mol. The third-order valence-electron chi connectivity index (χ3n) is 2.71. The molecule has 1 aliphatic rings. The molecule has 0 aromatic heterocycles. The summed E-state index contributed by atoms with van der Waals surface area (Å²) in [4.78, 5) is 11.6. The van der Waals surface area contributed by atoms with E-state index in [-0.39, 0.29) is 23.8 Å². The molecule has 0 aliphatic heterocycles. The fourth-order valence-electron chi connectivity index (χ4n) is 1.67.